The Balaban J connectivity index is 1.70. The first kappa shape index (κ1) is 14.1. The number of amides is 1. The molecule has 0 aliphatic carbocycles. The Morgan fingerprint density at radius 2 is 2.20 bits per heavy atom. The van der Waals surface area contributed by atoms with Crippen LogP contribution >= 0.6 is 0 Å². The lowest BCUT2D eigenvalue weighted by molar-refractivity contribution is -0.121. The van der Waals surface area contributed by atoms with Crippen LogP contribution in [-0.2, 0) is 11.2 Å². The summed E-state index contributed by atoms with van der Waals surface area (Å²) in [5.74, 6) is 3.56. The molecular formula is C16H19N3O. The summed E-state index contributed by atoms with van der Waals surface area (Å²) in [7, 11) is 0. The van der Waals surface area contributed by atoms with Gasteiger partial charge >= 0.3 is 0 Å². The first-order chi connectivity index (χ1) is 9.79. The van der Waals surface area contributed by atoms with Gasteiger partial charge in [-0.15, -0.1) is 12.3 Å². The Hall–Kier alpha value is -2.28. The van der Waals surface area contributed by atoms with Crippen LogP contribution in [0.5, 0.6) is 0 Å². The van der Waals surface area contributed by atoms with E-state index in [1.165, 1.54) is 0 Å². The topological polar surface area (TPSA) is 57.8 Å². The molecule has 0 unspecified atom stereocenters. The summed E-state index contributed by atoms with van der Waals surface area (Å²) >= 11 is 0. The van der Waals surface area contributed by atoms with Crippen molar-refractivity contribution in [1.29, 1.82) is 0 Å². The number of hydrogen-bond acceptors (Lipinski definition) is 2. The highest BCUT2D eigenvalue weighted by molar-refractivity contribution is 5.76. The summed E-state index contributed by atoms with van der Waals surface area (Å²) in [6.45, 7) is 0.605. The predicted molar refractivity (Wildman–Crippen MR) is 80.1 cm³/mol. The Morgan fingerprint density at radius 1 is 1.35 bits per heavy atom. The van der Waals surface area contributed by atoms with Crippen LogP contribution < -0.4 is 5.32 Å². The van der Waals surface area contributed by atoms with E-state index in [1.807, 2.05) is 24.3 Å². The van der Waals surface area contributed by atoms with Crippen LogP contribution in [0.25, 0.3) is 11.0 Å². The fraction of sp³-hybridized carbons (Fsp3) is 0.375. The van der Waals surface area contributed by atoms with Gasteiger partial charge in [0, 0.05) is 25.8 Å². The second-order valence-corrected chi connectivity index (χ2v) is 4.71. The number of unbranched alkanes of at least 4 members (excludes halogenated alkanes) is 2. The monoisotopic (exact) mass is 269 g/mol. The number of imidazole rings is 1. The molecule has 2 rings (SSSR count). The Labute approximate surface area is 119 Å². The quantitative estimate of drug-likeness (QED) is 0.599. The maximum atomic E-state index is 11.6. The molecule has 104 valence electrons. The number of rotatable bonds is 7. The first-order valence-corrected chi connectivity index (χ1v) is 6.93. The standard InChI is InChI=1S/C16H19N3O/c1-2-3-4-5-10-16(20)17-12-11-15-18-13-8-6-7-9-14(13)19-15/h1,6-9H,3-5,10-12H2,(H,17,20)(H,18,19). The van der Waals surface area contributed by atoms with Gasteiger partial charge in [-0.1, -0.05) is 12.1 Å². The molecule has 1 heterocycles. The van der Waals surface area contributed by atoms with Crippen molar-refractivity contribution in [2.24, 2.45) is 0 Å². The maximum absolute atomic E-state index is 11.6. The number of benzene rings is 1. The number of carbonyl (C=O) groups excluding carboxylic acids is 1. The normalized spacial score (nSPS) is 10.3. The summed E-state index contributed by atoms with van der Waals surface area (Å²) in [5, 5.41) is 2.90. The number of terminal acetylenes is 1. The van der Waals surface area contributed by atoms with E-state index in [0.29, 0.717) is 19.4 Å². The zero-order valence-electron chi connectivity index (χ0n) is 11.5. The lowest BCUT2D eigenvalue weighted by Crippen LogP contribution is -2.25. The fourth-order valence-electron chi connectivity index (χ4n) is 2.05. The summed E-state index contributed by atoms with van der Waals surface area (Å²) in [4.78, 5) is 19.3. The van der Waals surface area contributed by atoms with Crippen LogP contribution in [0, 0.1) is 12.3 Å². The minimum absolute atomic E-state index is 0.0816. The van der Waals surface area contributed by atoms with Crippen LogP contribution in [0.3, 0.4) is 0 Å². The van der Waals surface area contributed by atoms with E-state index in [4.69, 9.17) is 6.42 Å². The van der Waals surface area contributed by atoms with Gasteiger partial charge in [-0.2, -0.15) is 0 Å². The third-order valence-electron chi connectivity index (χ3n) is 3.10. The van der Waals surface area contributed by atoms with Crippen molar-refractivity contribution in [1.82, 2.24) is 15.3 Å². The van der Waals surface area contributed by atoms with Crippen molar-refractivity contribution in [3.63, 3.8) is 0 Å². The van der Waals surface area contributed by atoms with Gasteiger partial charge < -0.3 is 10.3 Å². The fourth-order valence-corrected chi connectivity index (χ4v) is 2.05. The number of fused-ring (bicyclic) bond motifs is 1. The summed E-state index contributed by atoms with van der Waals surface area (Å²) in [5.41, 5.74) is 1.99. The van der Waals surface area contributed by atoms with E-state index in [9.17, 15) is 4.79 Å². The SMILES string of the molecule is C#CCCCCC(=O)NCCc1nc2ccccc2[nH]1. The average molecular weight is 269 g/mol. The molecule has 4 heteroatoms. The smallest absolute Gasteiger partial charge is 0.220 e. The van der Waals surface area contributed by atoms with E-state index < -0.39 is 0 Å². The van der Waals surface area contributed by atoms with E-state index in [-0.39, 0.29) is 5.91 Å². The number of nitrogens with zero attached hydrogens (tertiary/aromatic N) is 1. The highest BCUT2D eigenvalue weighted by Gasteiger charge is 2.03. The van der Waals surface area contributed by atoms with E-state index in [2.05, 4.69) is 21.2 Å². The van der Waals surface area contributed by atoms with Crippen LogP contribution in [0.2, 0.25) is 0 Å². The van der Waals surface area contributed by atoms with Crippen molar-refractivity contribution in [3.8, 4) is 12.3 Å². The molecule has 0 atom stereocenters. The second-order valence-electron chi connectivity index (χ2n) is 4.71. The minimum atomic E-state index is 0.0816. The molecule has 2 aromatic rings. The summed E-state index contributed by atoms with van der Waals surface area (Å²) in [6, 6.07) is 7.91. The molecule has 0 saturated heterocycles. The van der Waals surface area contributed by atoms with Gasteiger partial charge in [0.15, 0.2) is 0 Å². The molecule has 0 aliphatic heterocycles. The predicted octanol–water partition coefficient (Wildman–Crippen LogP) is 2.42. The molecule has 1 aromatic heterocycles. The molecule has 0 saturated carbocycles. The highest BCUT2D eigenvalue weighted by Crippen LogP contribution is 2.10. The lowest BCUT2D eigenvalue weighted by Gasteiger charge is -2.03. The van der Waals surface area contributed by atoms with E-state index in [1.54, 1.807) is 0 Å². The number of hydrogen-bond donors (Lipinski definition) is 2. The third kappa shape index (κ3) is 4.13. The van der Waals surface area contributed by atoms with Crippen molar-refractivity contribution in [2.75, 3.05) is 6.54 Å². The van der Waals surface area contributed by atoms with Crippen LogP contribution in [-0.4, -0.2) is 22.4 Å². The van der Waals surface area contributed by atoms with Gasteiger partial charge in [0.2, 0.25) is 5.91 Å². The van der Waals surface area contributed by atoms with E-state index >= 15 is 0 Å². The second kappa shape index (κ2) is 7.34. The average Bonchev–Trinajstić information content (AvgIpc) is 2.86. The number of H-pyrrole nitrogens is 1. The summed E-state index contributed by atoms with van der Waals surface area (Å²) < 4.78 is 0. The molecule has 0 aliphatic rings. The number of aromatic nitrogens is 2. The molecule has 0 fully saturated rings. The first-order valence-electron chi connectivity index (χ1n) is 6.93. The molecular weight excluding hydrogens is 250 g/mol. The van der Waals surface area contributed by atoms with Crippen molar-refractivity contribution in [2.45, 2.75) is 32.1 Å². The number of nitrogens with one attached hydrogen (secondary N) is 2. The molecule has 0 radical (unpaired) electrons. The van der Waals surface area contributed by atoms with Gasteiger partial charge in [0.1, 0.15) is 5.82 Å². The van der Waals surface area contributed by atoms with Gasteiger partial charge in [-0.05, 0) is 25.0 Å². The maximum Gasteiger partial charge on any atom is 0.220 e. The largest absolute Gasteiger partial charge is 0.356 e. The Bertz CT molecular complexity index is 576. The zero-order valence-corrected chi connectivity index (χ0v) is 11.5. The minimum Gasteiger partial charge on any atom is -0.356 e. The molecule has 1 amide bonds. The zero-order chi connectivity index (χ0) is 14.2. The summed E-state index contributed by atoms with van der Waals surface area (Å²) in [6.07, 6.45) is 8.92. The molecule has 2 N–H and O–H groups in total. The van der Waals surface area contributed by atoms with Crippen molar-refractivity contribution >= 4 is 16.9 Å². The highest BCUT2D eigenvalue weighted by atomic mass is 16.1. The van der Waals surface area contributed by atoms with Gasteiger partial charge in [-0.3, -0.25) is 4.79 Å². The van der Waals surface area contributed by atoms with Crippen LogP contribution in [0.15, 0.2) is 24.3 Å². The van der Waals surface area contributed by atoms with Crippen molar-refractivity contribution in [3.05, 3.63) is 30.1 Å². The molecule has 0 bridgehead atoms. The molecule has 1 aromatic carbocycles. The van der Waals surface area contributed by atoms with E-state index in [0.717, 1.165) is 36.1 Å². The third-order valence-corrected chi connectivity index (χ3v) is 3.10. The van der Waals surface area contributed by atoms with Gasteiger partial charge in [0.25, 0.3) is 0 Å². The lowest BCUT2D eigenvalue weighted by atomic mass is 10.2. The number of para-hydroxylation sites is 2. The van der Waals surface area contributed by atoms with Gasteiger partial charge in [0.05, 0.1) is 11.0 Å². The molecule has 4 nitrogen and oxygen atoms in total. The number of carbonyl (C=O) groups is 1. The Morgan fingerprint density at radius 3 is 3.00 bits per heavy atom. The van der Waals surface area contributed by atoms with Crippen LogP contribution in [0.1, 0.15) is 31.5 Å². The van der Waals surface area contributed by atoms with Crippen LogP contribution in [0.4, 0.5) is 0 Å². The molecule has 20 heavy (non-hydrogen) atoms. The van der Waals surface area contributed by atoms with Gasteiger partial charge in [-0.25, -0.2) is 4.98 Å². The molecule has 0 spiro atoms. The van der Waals surface area contributed by atoms with Crippen molar-refractivity contribution < 1.29 is 4.79 Å². The Kier molecular flexibility index (Phi) is 5.19. The number of aromatic amines is 1.